The number of pyridine rings is 2. The summed E-state index contributed by atoms with van der Waals surface area (Å²) in [6, 6.07) is 13.8. The van der Waals surface area contributed by atoms with Crippen molar-refractivity contribution in [2.45, 2.75) is 6.54 Å². The summed E-state index contributed by atoms with van der Waals surface area (Å²) in [5, 5.41) is 11.7. The molecule has 144 valence electrons. The van der Waals surface area contributed by atoms with Crippen LogP contribution in [0.1, 0.15) is 15.9 Å². The average molecular weight is 387 g/mol. The minimum atomic E-state index is -1.52. The molecular weight excluding hydrogens is 372 g/mol. The molecule has 0 unspecified atom stereocenters. The zero-order chi connectivity index (χ0) is 20.5. The lowest BCUT2D eigenvalue weighted by Gasteiger charge is -2.16. The molecule has 0 aliphatic carbocycles. The Morgan fingerprint density at radius 2 is 1.86 bits per heavy atom. The lowest BCUT2D eigenvalue weighted by Crippen LogP contribution is -2.40. The third kappa shape index (κ3) is 3.20. The fourth-order valence-corrected chi connectivity index (χ4v) is 3.20. The minimum absolute atomic E-state index is 0.0116. The largest absolute Gasteiger partial charge is 0.545 e. The van der Waals surface area contributed by atoms with Gasteiger partial charge in [-0.05, 0) is 23.8 Å². The summed E-state index contributed by atoms with van der Waals surface area (Å²) in [7, 11) is 1.31. The van der Waals surface area contributed by atoms with Gasteiger partial charge in [-0.15, -0.1) is 0 Å². The predicted molar refractivity (Wildman–Crippen MR) is 104 cm³/mol. The first-order valence-electron chi connectivity index (χ1n) is 8.77. The first-order valence-corrected chi connectivity index (χ1v) is 8.77. The maximum atomic E-state index is 12.8. The zero-order valence-corrected chi connectivity index (χ0v) is 15.4. The number of carbonyl (C=O) groups is 1. The second kappa shape index (κ2) is 7.16. The highest BCUT2D eigenvalue weighted by Gasteiger charge is 2.18. The number of hydrogen-bond acceptors (Lipinski definition) is 6. The molecule has 3 heterocycles. The molecule has 4 aromatic rings. The van der Waals surface area contributed by atoms with E-state index in [1.54, 1.807) is 18.3 Å². The fraction of sp³-hybridized carbons (Fsp3) is 0.0952. The van der Waals surface area contributed by atoms with E-state index in [2.05, 4.69) is 9.97 Å². The smallest absolute Gasteiger partial charge is 0.332 e. The molecule has 8 nitrogen and oxygen atoms in total. The number of aromatic nitrogens is 4. The Labute approximate surface area is 164 Å². The normalized spacial score (nSPS) is 10.9. The highest BCUT2D eigenvalue weighted by molar-refractivity contribution is 6.01. The van der Waals surface area contributed by atoms with Crippen molar-refractivity contribution in [1.82, 2.24) is 19.1 Å². The first kappa shape index (κ1) is 18.3. The van der Waals surface area contributed by atoms with Gasteiger partial charge in [-0.25, -0.2) is 9.78 Å². The molecule has 1 aromatic carbocycles. The maximum Gasteiger partial charge on any atom is 0.332 e. The van der Waals surface area contributed by atoms with Crippen molar-refractivity contribution < 1.29 is 9.90 Å². The average Bonchev–Trinajstić information content (AvgIpc) is 2.75. The van der Waals surface area contributed by atoms with Crippen LogP contribution in [0.4, 0.5) is 0 Å². The van der Waals surface area contributed by atoms with E-state index in [1.165, 1.54) is 23.9 Å². The lowest BCUT2D eigenvalue weighted by molar-refractivity contribution is -0.254. The fourth-order valence-electron chi connectivity index (χ4n) is 3.20. The Morgan fingerprint density at radius 1 is 1.10 bits per heavy atom. The van der Waals surface area contributed by atoms with Crippen molar-refractivity contribution in [3.8, 4) is 11.3 Å². The summed E-state index contributed by atoms with van der Waals surface area (Å²) in [6.45, 7) is 0.125. The van der Waals surface area contributed by atoms with Gasteiger partial charge in [0.05, 0.1) is 23.6 Å². The number of rotatable bonds is 4. The van der Waals surface area contributed by atoms with Gasteiger partial charge in [-0.3, -0.25) is 18.9 Å². The molecule has 8 heteroatoms. The highest BCUT2D eigenvalue weighted by atomic mass is 16.4. The maximum absolute atomic E-state index is 12.8. The Bertz CT molecular complexity index is 1340. The SMILES string of the molecule is Cn1c(=O)c2c(C(=O)[O-])cc(-c3cccnc3)nc2n(Cc2ccccc2)c1=O. The summed E-state index contributed by atoms with van der Waals surface area (Å²) in [4.78, 5) is 45.9. The third-order valence-electron chi connectivity index (χ3n) is 4.65. The Hall–Kier alpha value is -4.07. The summed E-state index contributed by atoms with van der Waals surface area (Å²) in [6.07, 6.45) is 3.10. The van der Waals surface area contributed by atoms with Gasteiger partial charge in [0.15, 0.2) is 5.65 Å². The van der Waals surface area contributed by atoms with Crippen molar-refractivity contribution in [1.29, 1.82) is 0 Å². The second-order valence-electron chi connectivity index (χ2n) is 6.50. The molecule has 0 saturated heterocycles. The minimum Gasteiger partial charge on any atom is -0.545 e. The van der Waals surface area contributed by atoms with Crippen LogP contribution in [0.15, 0.2) is 70.5 Å². The van der Waals surface area contributed by atoms with Crippen LogP contribution in [-0.2, 0) is 13.6 Å². The number of carbonyl (C=O) groups excluding carboxylic acids is 1. The van der Waals surface area contributed by atoms with Crippen LogP contribution in [0.3, 0.4) is 0 Å². The van der Waals surface area contributed by atoms with E-state index in [9.17, 15) is 19.5 Å². The standard InChI is InChI=1S/C21H16N4O4/c1-24-19(26)17-15(20(27)28)10-16(14-8-5-9-22-11-14)23-18(17)25(21(24)29)12-13-6-3-2-4-7-13/h2-11H,12H2,1H3,(H,27,28)/p-1. The van der Waals surface area contributed by atoms with Crippen molar-refractivity contribution in [2.24, 2.45) is 7.05 Å². The van der Waals surface area contributed by atoms with Crippen LogP contribution in [0.5, 0.6) is 0 Å². The molecule has 0 aliphatic rings. The Morgan fingerprint density at radius 3 is 2.52 bits per heavy atom. The molecule has 0 fully saturated rings. The van der Waals surface area contributed by atoms with Gasteiger partial charge in [-0.2, -0.15) is 0 Å². The van der Waals surface area contributed by atoms with E-state index < -0.39 is 17.2 Å². The summed E-state index contributed by atoms with van der Waals surface area (Å²) < 4.78 is 2.17. The molecule has 0 radical (unpaired) electrons. The van der Waals surface area contributed by atoms with E-state index in [0.717, 1.165) is 10.1 Å². The Kier molecular flexibility index (Phi) is 4.52. The highest BCUT2D eigenvalue weighted by Crippen LogP contribution is 2.22. The summed E-state index contributed by atoms with van der Waals surface area (Å²) >= 11 is 0. The number of carboxylic acid groups (broad SMARTS) is 1. The number of nitrogens with zero attached hydrogens (tertiary/aromatic N) is 4. The zero-order valence-electron chi connectivity index (χ0n) is 15.4. The molecule has 0 atom stereocenters. The van der Waals surface area contributed by atoms with Gasteiger partial charge >= 0.3 is 5.69 Å². The molecule has 0 bridgehead atoms. The molecule has 0 amide bonds. The van der Waals surface area contributed by atoms with E-state index in [1.807, 2.05) is 30.3 Å². The monoisotopic (exact) mass is 387 g/mol. The summed E-state index contributed by atoms with van der Waals surface area (Å²) in [5.74, 6) is -1.52. The van der Waals surface area contributed by atoms with Crippen LogP contribution in [-0.4, -0.2) is 25.1 Å². The first-order chi connectivity index (χ1) is 14.0. The number of carboxylic acids is 1. The van der Waals surface area contributed by atoms with E-state index >= 15 is 0 Å². The third-order valence-corrected chi connectivity index (χ3v) is 4.65. The van der Waals surface area contributed by atoms with Crippen LogP contribution in [0.2, 0.25) is 0 Å². The molecule has 0 spiro atoms. The number of aromatic carboxylic acids is 1. The molecule has 0 N–H and O–H groups in total. The lowest BCUT2D eigenvalue weighted by atomic mass is 10.1. The molecule has 29 heavy (non-hydrogen) atoms. The van der Waals surface area contributed by atoms with Crippen molar-refractivity contribution >= 4 is 17.0 Å². The van der Waals surface area contributed by atoms with Gasteiger partial charge in [0.2, 0.25) is 0 Å². The molecule has 3 aromatic heterocycles. The van der Waals surface area contributed by atoms with Crippen molar-refractivity contribution in [3.05, 3.63) is 92.9 Å². The second-order valence-corrected chi connectivity index (χ2v) is 6.50. The molecule has 4 rings (SSSR count). The van der Waals surface area contributed by atoms with Gasteiger partial charge in [-0.1, -0.05) is 30.3 Å². The van der Waals surface area contributed by atoms with E-state index in [0.29, 0.717) is 5.56 Å². The molecule has 0 saturated carbocycles. The van der Waals surface area contributed by atoms with Crippen molar-refractivity contribution in [3.63, 3.8) is 0 Å². The van der Waals surface area contributed by atoms with Gasteiger partial charge in [0.25, 0.3) is 5.56 Å². The van der Waals surface area contributed by atoms with Crippen LogP contribution >= 0.6 is 0 Å². The van der Waals surface area contributed by atoms with Crippen LogP contribution in [0.25, 0.3) is 22.3 Å². The topological polar surface area (TPSA) is 110 Å². The summed E-state index contributed by atoms with van der Waals surface area (Å²) in [5.41, 5.74) is -0.0299. The van der Waals surface area contributed by atoms with Gasteiger partial charge in [0.1, 0.15) is 0 Å². The van der Waals surface area contributed by atoms with Gasteiger partial charge < -0.3 is 9.90 Å². The number of hydrogen-bond donors (Lipinski definition) is 0. The molecular formula is C21H15N4O4-. The van der Waals surface area contributed by atoms with Crippen LogP contribution < -0.4 is 16.4 Å². The molecule has 0 aliphatic heterocycles. The Balaban J connectivity index is 2.11. The van der Waals surface area contributed by atoms with E-state index in [4.69, 9.17) is 0 Å². The van der Waals surface area contributed by atoms with Crippen LogP contribution in [0, 0.1) is 0 Å². The quantitative estimate of drug-likeness (QED) is 0.506. The van der Waals surface area contributed by atoms with E-state index in [-0.39, 0.29) is 28.8 Å². The van der Waals surface area contributed by atoms with Crippen molar-refractivity contribution in [2.75, 3.05) is 0 Å². The van der Waals surface area contributed by atoms with Gasteiger partial charge in [0, 0.05) is 30.6 Å². The number of fused-ring (bicyclic) bond motifs is 1. The predicted octanol–water partition coefficient (Wildman–Crippen LogP) is 0.569. The number of benzene rings is 1.